The van der Waals surface area contributed by atoms with E-state index in [-0.39, 0.29) is 6.04 Å². The topological polar surface area (TPSA) is 43.8 Å². The Hall–Kier alpha value is -1.52. The number of aromatic nitrogens is 2. The standard InChI is InChI=1S/C14H14ClN3S/c1-8-3-6-13(19-8)9(2)18-12-7-10(15)4-5-11(12)17-14(18)16/h3-7,9H,1-2H3,(H2,16,17). The Balaban J connectivity index is 2.18. The molecule has 0 radical (unpaired) electrons. The normalized spacial score (nSPS) is 13.0. The number of nitrogen functional groups attached to an aromatic ring is 1. The molecule has 0 aliphatic carbocycles. The average molecular weight is 292 g/mol. The monoisotopic (exact) mass is 291 g/mol. The van der Waals surface area contributed by atoms with Gasteiger partial charge in [0, 0.05) is 14.8 Å². The van der Waals surface area contributed by atoms with Gasteiger partial charge in [0.15, 0.2) is 0 Å². The Kier molecular flexibility index (Phi) is 2.99. The molecule has 1 aromatic carbocycles. The number of thiophene rings is 1. The van der Waals surface area contributed by atoms with Crippen molar-refractivity contribution in [3.8, 4) is 0 Å². The van der Waals surface area contributed by atoms with Crippen molar-refractivity contribution in [2.75, 3.05) is 5.73 Å². The van der Waals surface area contributed by atoms with E-state index in [1.54, 1.807) is 11.3 Å². The average Bonchev–Trinajstić information content (AvgIpc) is 2.91. The lowest BCUT2D eigenvalue weighted by atomic mass is 10.2. The maximum Gasteiger partial charge on any atom is 0.201 e. The highest BCUT2D eigenvalue weighted by Crippen LogP contribution is 2.32. The van der Waals surface area contributed by atoms with Crippen LogP contribution in [0.4, 0.5) is 5.95 Å². The largest absolute Gasteiger partial charge is 0.369 e. The van der Waals surface area contributed by atoms with Gasteiger partial charge in [-0.25, -0.2) is 4.98 Å². The van der Waals surface area contributed by atoms with Crippen LogP contribution >= 0.6 is 22.9 Å². The maximum atomic E-state index is 6.08. The minimum atomic E-state index is 0.155. The molecule has 98 valence electrons. The molecule has 0 bridgehead atoms. The van der Waals surface area contributed by atoms with E-state index in [0.717, 1.165) is 11.0 Å². The molecule has 0 saturated heterocycles. The SMILES string of the molecule is Cc1ccc(C(C)n2c(N)nc3ccc(Cl)cc32)s1. The van der Waals surface area contributed by atoms with Crippen molar-refractivity contribution in [1.82, 2.24) is 9.55 Å². The fourth-order valence-corrected chi connectivity index (χ4v) is 3.38. The molecule has 0 fully saturated rings. The number of rotatable bonds is 2. The minimum Gasteiger partial charge on any atom is -0.369 e. The highest BCUT2D eigenvalue weighted by molar-refractivity contribution is 7.12. The second-order valence-corrected chi connectivity index (χ2v) is 6.35. The summed E-state index contributed by atoms with van der Waals surface area (Å²) in [6.45, 7) is 4.23. The van der Waals surface area contributed by atoms with Crippen molar-refractivity contribution in [3.05, 3.63) is 45.1 Å². The van der Waals surface area contributed by atoms with Crippen LogP contribution in [0, 0.1) is 6.92 Å². The molecular weight excluding hydrogens is 278 g/mol. The van der Waals surface area contributed by atoms with Gasteiger partial charge in [0.1, 0.15) is 0 Å². The zero-order chi connectivity index (χ0) is 13.6. The molecule has 0 spiro atoms. The molecule has 0 aliphatic heterocycles. The van der Waals surface area contributed by atoms with Crippen molar-refractivity contribution >= 4 is 39.9 Å². The van der Waals surface area contributed by atoms with Crippen LogP contribution in [0.5, 0.6) is 0 Å². The van der Waals surface area contributed by atoms with Crippen molar-refractivity contribution < 1.29 is 0 Å². The zero-order valence-corrected chi connectivity index (χ0v) is 12.3. The van der Waals surface area contributed by atoms with Crippen molar-refractivity contribution in [3.63, 3.8) is 0 Å². The van der Waals surface area contributed by atoms with Crippen molar-refractivity contribution in [2.24, 2.45) is 0 Å². The van der Waals surface area contributed by atoms with Crippen molar-refractivity contribution in [1.29, 1.82) is 0 Å². The van der Waals surface area contributed by atoms with Crippen molar-refractivity contribution in [2.45, 2.75) is 19.9 Å². The summed E-state index contributed by atoms with van der Waals surface area (Å²) >= 11 is 7.85. The predicted octanol–water partition coefficient (Wildman–Crippen LogP) is 4.25. The van der Waals surface area contributed by atoms with Gasteiger partial charge in [0.05, 0.1) is 17.1 Å². The van der Waals surface area contributed by atoms with Crippen LogP contribution in [0.1, 0.15) is 22.7 Å². The van der Waals surface area contributed by atoms with Crippen LogP contribution in [-0.4, -0.2) is 9.55 Å². The van der Waals surface area contributed by atoms with E-state index in [9.17, 15) is 0 Å². The number of nitrogens with two attached hydrogens (primary N) is 1. The molecule has 3 aromatic rings. The number of benzene rings is 1. The fraction of sp³-hybridized carbons (Fsp3) is 0.214. The summed E-state index contributed by atoms with van der Waals surface area (Å²) in [5.41, 5.74) is 7.91. The zero-order valence-electron chi connectivity index (χ0n) is 10.7. The van der Waals surface area contributed by atoms with E-state index in [4.69, 9.17) is 17.3 Å². The summed E-state index contributed by atoms with van der Waals surface area (Å²) in [5, 5.41) is 0.697. The van der Waals surface area contributed by atoms with E-state index < -0.39 is 0 Å². The third-order valence-electron chi connectivity index (χ3n) is 3.24. The lowest BCUT2D eigenvalue weighted by Crippen LogP contribution is -2.08. The Morgan fingerprint density at radius 3 is 2.79 bits per heavy atom. The molecule has 0 aliphatic rings. The summed E-state index contributed by atoms with van der Waals surface area (Å²) in [4.78, 5) is 6.96. The summed E-state index contributed by atoms with van der Waals surface area (Å²) in [6, 6.07) is 10.1. The third kappa shape index (κ3) is 2.11. The number of imidazole rings is 1. The Bertz CT molecular complexity index is 744. The van der Waals surface area contributed by atoms with Gasteiger partial charge < -0.3 is 10.3 Å². The van der Waals surface area contributed by atoms with E-state index >= 15 is 0 Å². The van der Waals surface area contributed by atoms with Gasteiger partial charge in [-0.3, -0.25) is 0 Å². The molecule has 0 amide bonds. The molecule has 2 aromatic heterocycles. The molecule has 5 heteroatoms. The first-order chi connectivity index (χ1) is 9.06. The van der Waals surface area contributed by atoms with Crippen LogP contribution in [0.15, 0.2) is 30.3 Å². The number of fused-ring (bicyclic) bond motifs is 1. The van der Waals surface area contributed by atoms with Crippen LogP contribution in [-0.2, 0) is 0 Å². The molecule has 3 nitrogen and oxygen atoms in total. The highest BCUT2D eigenvalue weighted by atomic mass is 35.5. The van der Waals surface area contributed by atoms with E-state index in [2.05, 4.69) is 31.0 Å². The first-order valence-electron chi connectivity index (χ1n) is 6.05. The summed E-state index contributed by atoms with van der Waals surface area (Å²) < 4.78 is 2.03. The van der Waals surface area contributed by atoms with Crippen LogP contribution in [0.3, 0.4) is 0 Å². The Labute approximate surface area is 120 Å². The lowest BCUT2D eigenvalue weighted by Gasteiger charge is -2.14. The van der Waals surface area contributed by atoms with Gasteiger partial charge in [-0.05, 0) is 44.2 Å². The molecule has 2 heterocycles. The molecule has 1 atom stereocenters. The summed E-state index contributed by atoms with van der Waals surface area (Å²) in [5.74, 6) is 0.524. The molecule has 3 rings (SSSR count). The predicted molar refractivity (Wildman–Crippen MR) is 82.0 cm³/mol. The molecular formula is C14H14ClN3S. The van der Waals surface area contributed by atoms with Crippen LogP contribution in [0.2, 0.25) is 5.02 Å². The van der Waals surface area contributed by atoms with E-state index in [1.165, 1.54) is 9.75 Å². The first kappa shape index (κ1) is 12.5. The van der Waals surface area contributed by atoms with Gasteiger partial charge >= 0.3 is 0 Å². The minimum absolute atomic E-state index is 0.155. The Morgan fingerprint density at radius 2 is 2.11 bits per heavy atom. The van der Waals surface area contributed by atoms with Crippen LogP contribution in [0.25, 0.3) is 11.0 Å². The number of aryl methyl sites for hydroxylation is 1. The molecule has 19 heavy (non-hydrogen) atoms. The Morgan fingerprint density at radius 1 is 1.32 bits per heavy atom. The maximum absolute atomic E-state index is 6.08. The fourth-order valence-electron chi connectivity index (χ4n) is 2.30. The van der Waals surface area contributed by atoms with Gasteiger partial charge in [-0.15, -0.1) is 11.3 Å². The van der Waals surface area contributed by atoms with Gasteiger partial charge in [-0.1, -0.05) is 11.6 Å². The third-order valence-corrected chi connectivity index (χ3v) is 4.65. The van der Waals surface area contributed by atoms with Crippen LogP contribution < -0.4 is 5.73 Å². The quantitative estimate of drug-likeness (QED) is 0.767. The second-order valence-electron chi connectivity index (χ2n) is 4.60. The summed E-state index contributed by atoms with van der Waals surface area (Å²) in [7, 11) is 0. The van der Waals surface area contributed by atoms with E-state index in [1.807, 2.05) is 22.8 Å². The van der Waals surface area contributed by atoms with Gasteiger partial charge in [0.25, 0.3) is 0 Å². The number of anilines is 1. The smallest absolute Gasteiger partial charge is 0.201 e. The molecule has 1 unspecified atom stereocenters. The number of hydrogen-bond acceptors (Lipinski definition) is 3. The van der Waals surface area contributed by atoms with E-state index in [0.29, 0.717) is 11.0 Å². The van der Waals surface area contributed by atoms with Gasteiger partial charge in [-0.2, -0.15) is 0 Å². The summed E-state index contributed by atoms with van der Waals surface area (Å²) in [6.07, 6.45) is 0. The number of hydrogen-bond donors (Lipinski definition) is 1. The number of nitrogens with zero attached hydrogens (tertiary/aromatic N) is 2. The molecule has 0 saturated carbocycles. The molecule has 2 N–H and O–H groups in total. The van der Waals surface area contributed by atoms with Gasteiger partial charge in [0.2, 0.25) is 5.95 Å². The lowest BCUT2D eigenvalue weighted by molar-refractivity contribution is 0.680. The first-order valence-corrected chi connectivity index (χ1v) is 7.25. The second kappa shape index (κ2) is 4.54. The highest BCUT2D eigenvalue weighted by Gasteiger charge is 2.17. The number of halogens is 1.